The number of ether oxygens (including phenoxy) is 3. The Kier molecular flexibility index (Phi) is 4.47. The van der Waals surface area contributed by atoms with Gasteiger partial charge in [-0.25, -0.2) is 9.97 Å². The van der Waals surface area contributed by atoms with Crippen LogP contribution in [-0.4, -0.2) is 31.3 Å². The van der Waals surface area contributed by atoms with Crippen molar-refractivity contribution in [3.63, 3.8) is 0 Å². The van der Waals surface area contributed by atoms with Crippen LogP contribution < -0.4 is 19.9 Å². The molecule has 1 heterocycles. The topological polar surface area (TPSA) is 79.5 Å². The highest BCUT2D eigenvalue weighted by molar-refractivity contribution is 5.67. The zero-order chi connectivity index (χ0) is 15.4. The van der Waals surface area contributed by atoms with E-state index in [4.69, 9.17) is 19.9 Å². The zero-order valence-corrected chi connectivity index (χ0v) is 12.6. The highest BCUT2D eigenvalue weighted by atomic mass is 16.5. The number of hydrogen-bond donors (Lipinski definition) is 1. The summed E-state index contributed by atoms with van der Waals surface area (Å²) >= 11 is 0. The Bertz CT molecular complexity index is 619. The van der Waals surface area contributed by atoms with E-state index in [0.717, 1.165) is 17.7 Å². The fourth-order valence-corrected chi connectivity index (χ4v) is 2.04. The molecule has 0 amide bonds. The molecule has 0 aliphatic heterocycles. The van der Waals surface area contributed by atoms with E-state index < -0.39 is 0 Å². The second-order valence-electron chi connectivity index (χ2n) is 4.38. The maximum absolute atomic E-state index is 5.83. The molecule has 112 valence electrons. The van der Waals surface area contributed by atoms with Crippen LogP contribution in [0.25, 0.3) is 11.4 Å². The lowest BCUT2D eigenvalue weighted by Crippen LogP contribution is -2.01. The van der Waals surface area contributed by atoms with E-state index in [0.29, 0.717) is 28.9 Å². The van der Waals surface area contributed by atoms with Crippen LogP contribution in [0.3, 0.4) is 0 Å². The van der Waals surface area contributed by atoms with Gasteiger partial charge in [-0.15, -0.1) is 0 Å². The molecule has 6 heteroatoms. The van der Waals surface area contributed by atoms with Crippen LogP contribution >= 0.6 is 0 Å². The molecule has 0 fully saturated rings. The van der Waals surface area contributed by atoms with Crippen molar-refractivity contribution >= 4 is 5.82 Å². The molecule has 0 radical (unpaired) electrons. The third kappa shape index (κ3) is 2.99. The molecule has 0 aliphatic rings. The summed E-state index contributed by atoms with van der Waals surface area (Å²) in [6, 6.07) is 5.37. The summed E-state index contributed by atoms with van der Waals surface area (Å²) in [5.41, 5.74) is 7.47. The van der Waals surface area contributed by atoms with Crippen molar-refractivity contribution in [2.24, 2.45) is 0 Å². The molecular weight excluding hydrogens is 270 g/mol. The van der Waals surface area contributed by atoms with E-state index in [1.54, 1.807) is 39.5 Å². The highest BCUT2D eigenvalue weighted by Gasteiger charge is 2.16. The standard InChI is InChI=1S/C15H19N3O3/c1-5-10-8-13(16)18-15(17-10)9-6-11(19-2)14(21-4)12(7-9)20-3/h6-8H,5H2,1-4H3,(H2,16,17,18). The van der Waals surface area contributed by atoms with Crippen molar-refractivity contribution in [1.82, 2.24) is 9.97 Å². The van der Waals surface area contributed by atoms with Crippen molar-refractivity contribution in [3.05, 3.63) is 23.9 Å². The Labute approximate surface area is 123 Å². The molecule has 0 aliphatic carbocycles. The Hall–Kier alpha value is -2.50. The lowest BCUT2D eigenvalue weighted by molar-refractivity contribution is 0.324. The molecule has 1 aromatic carbocycles. The summed E-state index contributed by atoms with van der Waals surface area (Å²) in [4.78, 5) is 8.76. The molecule has 0 spiro atoms. The van der Waals surface area contributed by atoms with Crippen LogP contribution in [0.1, 0.15) is 12.6 Å². The van der Waals surface area contributed by atoms with E-state index in [1.165, 1.54) is 0 Å². The largest absolute Gasteiger partial charge is 0.493 e. The summed E-state index contributed by atoms with van der Waals surface area (Å²) in [7, 11) is 4.70. The van der Waals surface area contributed by atoms with Crippen molar-refractivity contribution in [2.75, 3.05) is 27.1 Å². The van der Waals surface area contributed by atoms with E-state index in [2.05, 4.69) is 9.97 Å². The molecule has 2 rings (SSSR count). The third-order valence-corrected chi connectivity index (χ3v) is 3.08. The van der Waals surface area contributed by atoms with Crippen LogP contribution in [0, 0.1) is 0 Å². The van der Waals surface area contributed by atoms with E-state index in [9.17, 15) is 0 Å². The van der Waals surface area contributed by atoms with Crippen molar-refractivity contribution in [3.8, 4) is 28.6 Å². The number of nitrogens with two attached hydrogens (primary N) is 1. The minimum Gasteiger partial charge on any atom is -0.493 e. The predicted octanol–water partition coefficient (Wildman–Crippen LogP) is 2.31. The normalized spacial score (nSPS) is 10.3. The molecule has 6 nitrogen and oxygen atoms in total. The van der Waals surface area contributed by atoms with Crippen LogP contribution in [0.4, 0.5) is 5.82 Å². The molecular formula is C15H19N3O3. The number of methoxy groups -OCH3 is 3. The first kappa shape index (κ1) is 14.9. The average molecular weight is 289 g/mol. The molecule has 2 N–H and O–H groups in total. The monoisotopic (exact) mass is 289 g/mol. The van der Waals surface area contributed by atoms with Crippen LogP contribution in [0.15, 0.2) is 18.2 Å². The first-order valence-electron chi connectivity index (χ1n) is 6.56. The Morgan fingerprint density at radius 2 is 1.57 bits per heavy atom. The van der Waals surface area contributed by atoms with E-state index >= 15 is 0 Å². The van der Waals surface area contributed by atoms with Crippen molar-refractivity contribution in [1.29, 1.82) is 0 Å². The fourth-order valence-electron chi connectivity index (χ4n) is 2.04. The Balaban J connectivity index is 2.61. The third-order valence-electron chi connectivity index (χ3n) is 3.08. The van der Waals surface area contributed by atoms with Gasteiger partial charge in [0.05, 0.1) is 21.3 Å². The number of hydrogen-bond acceptors (Lipinski definition) is 6. The minimum atomic E-state index is 0.436. The molecule has 0 bridgehead atoms. The van der Waals surface area contributed by atoms with E-state index in [-0.39, 0.29) is 0 Å². The van der Waals surface area contributed by atoms with Gasteiger partial charge in [0.25, 0.3) is 0 Å². The van der Waals surface area contributed by atoms with Gasteiger partial charge in [0.15, 0.2) is 17.3 Å². The minimum absolute atomic E-state index is 0.436. The fraction of sp³-hybridized carbons (Fsp3) is 0.333. The van der Waals surface area contributed by atoms with Gasteiger partial charge in [-0.2, -0.15) is 0 Å². The molecule has 2 aromatic rings. The molecule has 21 heavy (non-hydrogen) atoms. The van der Waals surface area contributed by atoms with Crippen LogP contribution in [0.5, 0.6) is 17.2 Å². The number of nitrogen functional groups attached to an aromatic ring is 1. The van der Waals surface area contributed by atoms with E-state index in [1.807, 2.05) is 6.92 Å². The van der Waals surface area contributed by atoms with Gasteiger partial charge in [-0.05, 0) is 18.6 Å². The maximum Gasteiger partial charge on any atom is 0.203 e. The number of aromatic nitrogens is 2. The Morgan fingerprint density at radius 1 is 0.952 bits per heavy atom. The Morgan fingerprint density at radius 3 is 2.05 bits per heavy atom. The van der Waals surface area contributed by atoms with Crippen molar-refractivity contribution in [2.45, 2.75) is 13.3 Å². The van der Waals surface area contributed by atoms with Gasteiger partial charge in [0.1, 0.15) is 5.82 Å². The number of benzene rings is 1. The van der Waals surface area contributed by atoms with Crippen LogP contribution in [0.2, 0.25) is 0 Å². The number of rotatable bonds is 5. The second-order valence-corrected chi connectivity index (χ2v) is 4.38. The number of anilines is 1. The number of aryl methyl sites for hydroxylation is 1. The molecule has 0 unspecified atom stereocenters. The first-order chi connectivity index (χ1) is 10.1. The summed E-state index contributed by atoms with van der Waals surface area (Å²) in [6.07, 6.45) is 0.782. The lowest BCUT2D eigenvalue weighted by atomic mass is 10.1. The number of nitrogens with zero attached hydrogens (tertiary/aromatic N) is 2. The zero-order valence-electron chi connectivity index (χ0n) is 12.6. The van der Waals surface area contributed by atoms with Gasteiger partial charge in [0.2, 0.25) is 5.75 Å². The van der Waals surface area contributed by atoms with Gasteiger partial charge >= 0.3 is 0 Å². The summed E-state index contributed by atoms with van der Waals surface area (Å²) < 4.78 is 16.0. The van der Waals surface area contributed by atoms with Crippen LogP contribution in [-0.2, 0) is 6.42 Å². The molecule has 1 aromatic heterocycles. The summed E-state index contributed by atoms with van der Waals surface area (Å²) in [5.74, 6) is 2.60. The van der Waals surface area contributed by atoms with Crippen molar-refractivity contribution < 1.29 is 14.2 Å². The maximum atomic E-state index is 5.83. The first-order valence-corrected chi connectivity index (χ1v) is 6.56. The summed E-state index contributed by atoms with van der Waals surface area (Å²) in [5, 5.41) is 0. The average Bonchev–Trinajstić information content (AvgIpc) is 2.52. The lowest BCUT2D eigenvalue weighted by Gasteiger charge is -2.14. The van der Waals surface area contributed by atoms with Gasteiger partial charge < -0.3 is 19.9 Å². The van der Waals surface area contributed by atoms with Gasteiger partial charge in [0, 0.05) is 17.3 Å². The molecule has 0 saturated heterocycles. The second kappa shape index (κ2) is 6.30. The highest BCUT2D eigenvalue weighted by Crippen LogP contribution is 2.40. The van der Waals surface area contributed by atoms with Gasteiger partial charge in [-0.3, -0.25) is 0 Å². The molecule has 0 atom stereocenters. The SMILES string of the molecule is CCc1cc(N)nc(-c2cc(OC)c(OC)c(OC)c2)n1. The van der Waals surface area contributed by atoms with Gasteiger partial charge in [-0.1, -0.05) is 6.92 Å². The summed E-state index contributed by atoms with van der Waals surface area (Å²) in [6.45, 7) is 2.01. The quantitative estimate of drug-likeness (QED) is 0.910. The predicted molar refractivity (Wildman–Crippen MR) is 80.9 cm³/mol. The molecule has 0 saturated carbocycles. The smallest absolute Gasteiger partial charge is 0.203 e.